The predicted molar refractivity (Wildman–Crippen MR) is 156 cm³/mol. The fraction of sp³-hybridized carbons (Fsp3) is 0.226. The van der Waals surface area contributed by atoms with Crippen LogP contribution in [0, 0.1) is 13.8 Å². The zero-order chi connectivity index (χ0) is 26.1. The summed E-state index contributed by atoms with van der Waals surface area (Å²) >= 11 is 0. The number of nitrogens with zero attached hydrogens (tertiary/aromatic N) is 3. The Morgan fingerprint density at radius 2 is 1.32 bits per heavy atom. The lowest BCUT2D eigenvalue weighted by Gasteiger charge is -2.32. The van der Waals surface area contributed by atoms with Crippen molar-refractivity contribution in [2.45, 2.75) is 20.3 Å². The van der Waals surface area contributed by atoms with Gasteiger partial charge in [0.1, 0.15) is 11.5 Å². The normalized spacial score (nSPS) is 13.1. The van der Waals surface area contributed by atoms with Crippen LogP contribution >= 0.6 is 8.53 Å². The molecule has 1 heterocycles. The van der Waals surface area contributed by atoms with Gasteiger partial charge in [0, 0.05) is 54.4 Å². The largest absolute Gasteiger partial charge is 0.427 e. The number of fused-ring (bicyclic) bond motifs is 2. The van der Waals surface area contributed by atoms with Gasteiger partial charge in [-0.3, -0.25) is 0 Å². The molecule has 1 aliphatic heterocycles. The first-order chi connectivity index (χ1) is 17.8. The van der Waals surface area contributed by atoms with Crippen LogP contribution in [0.3, 0.4) is 0 Å². The van der Waals surface area contributed by atoms with Gasteiger partial charge in [-0.2, -0.15) is 0 Å². The fourth-order valence-corrected chi connectivity index (χ4v) is 5.99. The van der Waals surface area contributed by atoms with Crippen LogP contribution in [0.2, 0.25) is 0 Å². The highest BCUT2D eigenvalue weighted by Crippen LogP contribution is 2.48. The molecule has 37 heavy (non-hydrogen) atoms. The van der Waals surface area contributed by atoms with Crippen LogP contribution in [-0.2, 0) is 6.42 Å². The molecule has 0 N–H and O–H groups in total. The second kappa shape index (κ2) is 10.5. The van der Waals surface area contributed by atoms with E-state index >= 15 is 0 Å². The number of hydrogen-bond donors (Lipinski definition) is 0. The van der Waals surface area contributed by atoms with E-state index in [1.807, 2.05) is 30.9 Å². The van der Waals surface area contributed by atoms with E-state index in [4.69, 9.17) is 9.05 Å². The molecule has 0 amide bonds. The van der Waals surface area contributed by atoms with Gasteiger partial charge in [-0.05, 0) is 75.5 Å². The van der Waals surface area contributed by atoms with E-state index in [9.17, 15) is 0 Å². The molecule has 4 aromatic rings. The summed E-state index contributed by atoms with van der Waals surface area (Å²) < 4.78 is 15.2. The lowest BCUT2D eigenvalue weighted by Crippen LogP contribution is -2.20. The average Bonchev–Trinajstić information content (AvgIpc) is 2.90. The Hall–Kier alpha value is -3.53. The van der Waals surface area contributed by atoms with Gasteiger partial charge in [-0.15, -0.1) is 0 Å². The van der Waals surface area contributed by atoms with E-state index in [1.54, 1.807) is 0 Å². The van der Waals surface area contributed by atoms with Gasteiger partial charge in [0.25, 0.3) is 0 Å². The third kappa shape index (κ3) is 4.90. The van der Waals surface area contributed by atoms with Crippen LogP contribution in [0.1, 0.15) is 22.3 Å². The maximum Gasteiger partial charge on any atom is 0.384 e. The molecule has 0 aromatic heterocycles. The smallest absolute Gasteiger partial charge is 0.384 e. The van der Waals surface area contributed by atoms with Crippen molar-refractivity contribution in [2.75, 3.05) is 38.0 Å². The van der Waals surface area contributed by atoms with Crippen LogP contribution < -0.4 is 18.8 Å². The van der Waals surface area contributed by atoms with Gasteiger partial charge < -0.3 is 18.8 Å². The molecule has 5 nitrogen and oxygen atoms in total. The molecule has 0 fully saturated rings. The van der Waals surface area contributed by atoms with Crippen molar-refractivity contribution in [3.8, 4) is 11.5 Å². The number of hydrogen-bond acceptors (Lipinski definition) is 5. The van der Waals surface area contributed by atoms with E-state index in [2.05, 4.69) is 111 Å². The molecule has 1 atom stereocenters. The number of aryl methyl sites for hydroxylation is 1. The fourth-order valence-electron chi connectivity index (χ4n) is 4.92. The van der Waals surface area contributed by atoms with Crippen molar-refractivity contribution >= 4 is 31.3 Å². The molecule has 5 rings (SSSR count). The summed E-state index contributed by atoms with van der Waals surface area (Å²) in [6.45, 7) is 4.25. The highest BCUT2D eigenvalue weighted by molar-refractivity contribution is 7.45. The minimum absolute atomic E-state index is 0.824. The Morgan fingerprint density at radius 1 is 0.703 bits per heavy atom. The van der Waals surface area contributed by atoms with Crippen molar-refractivity contribution in [1.82, 2.24) is 4.67 Å². The third-order valence-corrected chi connectivity index (χ3v) is 8.32. The molecule has 4 aromatic carbocycles. The Kier molecular flexibility index (Phi) is 7.10. The highest BCUT2D eigenvalue weighted by atomic mass is 31.2. The average molecular weight is 512 g/mol. The summed E-state index contributed by atoms with van der Waals surface area (Å²) in [6.07, 6.45) is 0.832. The Morgan fingerprint density at radius 3 is 2.11 bits per heavy atom. The summed E-state index contributed by atoms with van der Waals surface area (Å²) in [5, 5.41) is 0. The predicted octanol–water partition coefficient (Wildman–Crippen LogP) is 7.99. The van der Waals surface area contributed by atoms with Crippen molar-refractivity contribution in [3.63, 3.8) is 0 Å². The first kappa shape index (κ1) is 25.1. The van der Waals surface area contributed by atoms with E-state index in [0.717, 1.165) is 29.2 Å². The molecule has 0 spiro atoms. The van der Waals surface area contributed by atoms with Gasteiger partial charge in [0.2, 0.25) is 0 Å². The van der Waals surface area contributed by atoms with Crippen molar-refractivity contribution in [1.29, 1.82) is 0 Å². The Bertz CT molecular complexity index is 1420. The van der Waals surface area contributed by atoms with Crippen molar-refractivity contribution in [2.24, 2.45) is 0 Å². The van der Waals surface area contributed by atoms with E-state index in [1.165, 1.54) is 33.8 Å². The molecule has 0 saturated heterocycles. The molecule has 6 heteroatoms. The third-order valence-electron chi connectivity index (χ3n) is 6.96. The molecule has 0 bridgehead atoms. The summed E-state index contributed by atoms with van der Waals surface area (Å²) in [4.78, 5) is 4.46. The Labute approximate surface area is 221 Å². The maximum absolute atomic E-state index is 6.63. The summed E-state index contributed by atoms with van der Waals surface area (Å²) in [7, 11) is 6.84. The molecule has 1 aliphatic rings. The first-order valence-corrected chi connectivity index (χ1v) is 13.6. The maximum atomic E-state index is 6.63. The van der Waals surface area contributed by atoms with E-state index in [-0.39, 0.29) is 0 Å². The van der Waals surface area contributed by atoms with E-state index < -0.39 is 8.53 Å². The van der Waals surface area contributed by atoms with Gasteiger partial charge in [0.05, 0.1) is 0 Å². The molecular weight excluding hydrogens is 477 g/mol. The molecular formula is C31H34N3O2P. The molecule has 0 radical (unpaired) electrons. The molecule has 0 aliphatic carbocycles. The topological polar surface area (TPSA) is 28.2 Å². The summed E-state index contributed by atoms with van der Waals surface area (Å²) in [6, 6.07) is 29.5. The SMILES string of the molecule is Cc1ccccc1N(C)c1cccc(OP(Oc2cccc3c2Cc2ccccc2N3C)N(C)C)c1C. The van der Waals surface area contributed by atoms with Crippen LogP contribution in [0.25, 0.3) is 0 Å². The number of benzene rings is 4. The highest BCUT2D eigenvalue weighted by Gasteiger charge is 2.27. The first-order valence-electron chi connectivity index (χ1n) is 12.5. The van der Waals surface area contributed by atoms with Gasteiger partial charge in [-0.1, -0.05) is 48.5 Å². The minimum Gasteiger partial charge on any atom is -0.427 e. The lowest BCUT2D eigenvalue weighted by atomic mass is 9.95. The minimum atomic E-state index is -1.38. The zero-order valence-corrected chi connectivity index (χ0v) is 23.3. The van der Waals surface area contributed by atoms with Crippen LogP contribution in [-0.4, -0.2) is 32.9 Å². The second-order valence-corrected chi connectivity index (χ2v) is 11.3. The monoisotopic (exact) mass is 511 g/mol. The molecule has 190 valence electrons. The Balaban J connectivity index is 1.43. The molecule has 0 saturated carbocycles. The quantitative estimate of drug-likeness (QED) is 0.235. The zero-order valence-electron chi connectivity index (χ0n) is 22.4. The van der Waals surface area contributed by atoms with Gasteiger partial charge in [-0.25, -0.2) is 4.67 Å². The number of rotatable bonds is 7. The van der Waals surface area contributed by atoms with Gasteiger partial charge >= 0.3 is 8.53 Å². The lowest BCUT2D eigenvalue weighted by molar-refractivity contribution is 0.416. The van der Waals surface area contributed by atoms with E-state index in [0.29, 0.717) is 0 Å². The van der Waals surface area contributed by atoms with Crippen LogP contribution in [0.15, 0.2) is 84.9 Å². The second-order valence-electron chi connectivity index (χ2n) is 9.63. The van der Waals surface area contributed by atoms with Crippen molar-refractivity contribution < 1.29 is 9.05 Å². The number of para-hydroxylation sites is 2. The van der Waals surface area contributed by atoms with Crippen LogP contribution in [0.5, 0.6) is 11.5 Å². The van der Waals surface area contributed by atoms with Gasteiger partial charge in [0.15, 0.2) is 0 Å². The summed E-state index contributed by atoms with van der Waals surface area (Å²) in [5.41, 5.74) is 9.49. The summed E-state index contributed by atoms with van der Waals surface area (Å²) in [5.74, 6) is 1.69. The number of anilines is 4. The van der Waals surface area contributed by atoms with Crippen LogP contribution in [0.4, 0.5) is 22.7 Å². The standard InChI is InChI=1S/C31H34N3O2P/c1-22-13-7-9-15-26(22)33(5)27-17-11-19-30(23(27)2)35-37(32(3)4)36-31-20-12-18-29-25(31)21-24-14-8-10-16-28(24)34(29)6/h7-20H,21H2,1-6H3. The van der Waals surface area contributed by atoms with Crippen molar-refractivity contribution in [3.05, 3.63) is 107 Å². The molecule has 1 unspecified atom stereocenters.